The van der Waals surface area contributed by atoms with Gasteiger partial charge in [-0.3, -0.25) is 4.99 Å². The van der Waals surface area contributed by atoms with Crippen LogP contribution in [0.5, 0.6) is 0 Å². The summed E-state index contributed by atoms with van der Waals surface area (Å²) in [5, 5.41) is 7.71. The van der Waals surface area contributed by atoms with E-state index < -0.39 is 0 Å². The molecule has 0 aliphatic heterocycles. The quantitative estimate of drug-likeness (QED) is 0.286. The molecule has 2 heterocycles. The molecule has 0 fully saturated rings. The summed E-state index contributed by atoms with van der Waals surface area (Å²) in [5.41, 5.74) is 2.14. The molecule has 8 heteroatoms. The monoisotopic (exact) mass is 482 g/mol. The molecular weight excluding hydrogens is 459 g/mol. The summed E-state index contributed by atoms with van der Waals surface area (Å²) in [6.45, 7) is 3.45. The first-order valence-electron chi connectivity index (χ1n) is 8.19. The van der Waals surface area contributed by atoms with Crippen molar-refractivity contribution >= 4 is 41.3 Å². The Morgan fingerprint density at radius 3 is 2.65 bits per heavy atom. The van der Waals surface area contributed by atoms with Gasteiger partial charge in [0.15, 0.2) is 5.96 Å². The van der Waals surface area contributed by atoms with Gasteiger partial charge in [0.2, 0.25) is 0 Å². The van der Waals surface area contributed by atoms with Gasteiger partial charge < -0.3 is 15.6 Å². The Hall–Kier alpha value is -1.94. The first kappa shape index (κ1) is 20.4. The second kappa shape index (κ2) is 10.3. The van der Waals surface area contributed by atoms with Crippen LogP contribution in [0.3, 0.4) is 0 Å². The molecule has 3 aromatic rings. The normalized spacial score (nSPS) is 11.1. The number of halogens is 1. The van der Waals surface area contributed by atoms with Crippen molar-refractivity contribution in [3.05, 3.63) is 58.4 Å². The Kier molecular flexibility index (Phi) is 8.05. The fraction of sp³-hybridized carbons (Fsp3) is 0.278. The molecule has 1 aromatic carbocycles. The van der Waals surface area contributed by atoms with Gasteiger partial charge in [0.25, 0.3) is 0 Å². The van der Waals surface area contributed by atoms with Crippen LogP contribution in [-0.2, 0) is 13.0 Å². The van der Waals surface area contributed by atoms with E-state index in [1.807, 2.05) is 30.6 Å². The number of nitrogens with one attached hydrogen (secondary N) is 3. The molecule has 3 N–H and O–H groups in total. The average molecular weight is 482 g/mol. The number of benzene rings is 1. The number of H-pyrrole nitrogens is 1. The molecule has 0 aliphatic carbocycles. The van der Waals surface area contributed by atoms with Crippen molar-refractivity contribution in [1.29, 1.82) is 0 Å². The van der Waals surface area contributed by atoms with Crippen molar-refractivity contribution in [1.82, 2.24) is 25.6 Å². The molecule has 3 rings (SSSR count). The largest absolute Gasteiger partial charge is 0.356 e. The molecule has 0 unspecified atom stereocenters. The van der Waals surface area contributed by atoms with Crippen molar-refractivity contribution in [3.8, 4) is 11.3 Å². The van der Waals surface area contributed by atoms with E-state index in [9.17, 15) is 0 Å². The van der Waals surface area contributed by atoms with Gasteiger partial charge in [-0.1, -0.05) is 30.3 Å². The van der Waals surface area contributed by atoms with E-state index in [4.69, 9.17) is 0 Å². The number of aromatic nitrogens is 3. The van der Waals surface area contributed by atoms with E-state index in [-0.39, 0.29) is 24.0 Å². The van der Waals surface area contributed by atoms with Crippen LogP contribution in [0, 0.1) is 6.92 Å². The summed E-state index contributed by atoms with van der Waals surface area (Å²) in [4.78, 5) is 17.6. The second-order valence-electron chi connectivity index (χ2n) is 5.58. The van der Waals surface area contributed by atoms with Crippen LogP contribution >= 0.6 is 35.3 Å². The maximum absolute atomic E-state index is 4.42. The molecular formula is C18H23IN6S. The summed E-state index contributed by atoms with van der Waals surface area (Å²) in [6.07, 6.45) is 4.65. The molecule has 6 nitrogen and oxygen atoms in total. The highest BCUT2D eigenvalue weighted by Crippen LogP contribution is 2.15. The third kappa shape index (κ3) is 5.80. The van der Waals surface area contributed by atoms with Gasteiger partial charge in [0, 0.05) is 31.1 Å². The molecule has 0 saturated heterocycles. The van der Waals surface area contributed by atoms with E-state index >= 15 is 0 Å². The molecule has 0 saturated carbocycles. The van der Waals surface area contributed by atoms with Crippen molar-refractivity contribution in [2.75, 3.05) is 13.6 Å². The number of imidazole rings is 1. The molecule has 0 spiro atoms. The van der Waals surface area contributed by atoms with Gasteiger partial charge in [-0.2, -0.15) is 0 Å². The molecule has 0 bridgehead atoms. The van der Waals surface area contributed by atoms with E-state index in [2.05, 4.69) is 49.6 Å². The van der Waals surface area contributed by atoms with E-state index in [0.717, 1.165) is 41.0 Å². The van der Waals surface area contributed by atoms with Crippen LogP contribution in [0.2, 0.25) is 0 Å². The third-order valence-electron chi connectivity index (χ3n) is 3.66. The van der Waals surface area contributed by atoms with Gasteiger partial charge in [-0.15, -0.1) is 35.3 Å². The lowest BCUT2D eigenvalue weighted by atomic mass is 10.2. The van der Waals surface area contributed by atoms with Crippen molar-refractivity contribution in [2.24, 2.45) is 4.99 Å². The highest BCUT2D eigenvalue weighted by atomic mass is 127. The summed E-state index contributed by atoms with van der Waals surface area (Å²) in [7, 11) is 1.76. The minimum absolute atomic E-state index is 0. The Labute approximate surface area is 174 Å². The number of hydrogen-bond donors (Lipinski definition) is 3. The van der Waals surface area contributed by atoms with Gasteiger partial charge in [0.05, 0.1) is 23.4 Å². The lowest BCUT2D eigenvalue weighted by molar-refractivity contribution is 0.772. The molecule has 0 radical (unpaired) electrons. The van der Waals surface area contributed by atoms with Crippen LogP contribution in [-0.4, -0.2) is 34.5 Å². The van der Waals surface area contributed by atoms with E-state index in [1.54, 1.807) is 18.4 Å². The zero-order valence-electron chi connectivity index (χ0n) is 14.8. The van der Waals surface area contributed by atoms with Crippen LogP contribution < -0.4 is 10.6 Å². The van der Waals surface area contributed by atoms with Crippen molar-refractivity contribution in [3.63, 3.8) is 0 Å². The summed E-state index contributed by atoms with van der Waals surface area (Å²) in [5.74, 6) is 1.63. The lowest BCUT2D eigenvalue weighted by Gasteiger charge is -2.10. The fourth-order valence-corrected chi connectivity index (χ4v) is 3.20. The Bertz CT molecular complexity index is 827. The third-order valence-corrected chi connectivity index (χ3v) is 4.63. The van der Waals surface area contributed by atoms with Crippen LogP contribution in [0.1, 0.15) is 15.7 Å². The summed E-state index contributed by atoms with van der Waals surface area (Å²) < 4.78 is 0. The number of aromatic amines is 1. The predicted octanol–water partition coefficient (Wildman–Crippen LogP) is 3.37. The Morgan fingerprint density at radius 1 is 1.15 bits per heavy atom. The number of thiazole rings is 1. The number of rotatable bonds is 6. The maximum Gasteiger partial charge on any atom is 0.191 e. The van der Waals surface area contributed by atoms with Crippen molar-refractivity contribution < 1.29 is 0 Å². The zero-order valence-corrected chi connectivity index (χ0v) is 18.0. The van der Waals surface area contributed by atoms with E-state index in [0.29, 0.717) is 6.54 Å². The maximum atomic E-state index is 4.42. The SMILES string of the molecule is CN=C(NCCc1ncc(C)s1)NCc1ncc(-c2ccccc2)[nH]1.I. The fourth-order valence-electron chi connectivity index (χ4n) is 2.41. The summed E-state index contributed by atoms with van der Waals surface area (Å²) in [6, 6.07) is 10.2. The standard InChI is InChI=1S/C18H22N6S.HI/c1-13-10-22-17(25-13)8-9-20-18(19-2)23-12-16-21-11-15(24-16)14-6-4-3-5-7-14;/h3-7,10-11H,8-9,12H2,1-2H3,(H,21,24)(H2,19,20,23);1H. The zero-order chi connectivity index (χ0) is 17.5. The topological polar surface area (TPSA) is 78.0 Å². The van der Waals surface area contributed by atoms with E-state index in [1.165, 1.54) is 4.88 Å². The van der Waals surface area contributed by atoms with Gasteiger partial charge in [0.1, 0.15) is 5.82 Å². The Morgan fingerprint density at radius 2 is 1.96 bits per heavy atom. The predicted molar refractivity (Wildman–Crippen MR) is 118 cm³/mol. The first-order valence-corrected chi connectivity index (χ1v) is 9.01. The van der Waals surface area contributed by atoms with Gasteiger partial charge in [-0.05, 0) is 12.5 Å². The highest BCUT2D eigenvalue weighted by Gasteiger charge is 2.05. The smallest absolute Gasteiger partial charge is 0.191 e. The number of hydrogen-bond acceptors (Lipinski definition) is 4. The molecule has 138 valence electrons. The molecule has 26 heavy (non-hydrogen) atoms. The van der Waals surface area contributed by atoms with Crippen LogP contribution in [0.25, 0.3) is 11.3 Å². The molecule has 2 aromatic heterocycles. The summed E-state index contributed by atoms with van der Waals surface area (Å²) >= 11 is 1.73. The van der Waals surface area contributed by atoms with Crippen LogP contribution in [0.4, 0.5) is 0 Å². The number of aliphatic imine (C=N–C) groups is 1. The average Bonchev–Trinajstić information content (AvgIpc) is 3.28. The van der Waals surface area contributed by atoms with Gasteiger partial charge >= 0.3 is 0 Å². The second-order valence-corrected chi connectivity index (χ2v) is 6.90. The minimum Gasteiger partial charge on any atom is -0.356 e. The number of aryl methyl sites for hydroxylation is 1. The minimum atomic E-state index is 0. The first-order chi connectivity index (χ1) is 12.2. The molecule has 0 amide bonds. The van der Waals surface area contributed by atoms with Gasteiger partial charge in [-0.25, -0.2) is 9.97 Å². The Balaban J connectivity index is 0.00000243. The number of nitrogens with zero attached hydrogens (tertiary/aromatic N) is 3. The molecule has 0 aliphatic rings. The van der Waals surface area contributed by atoms with Crippen LogP contribution in [0.15, 0.2) is 47.7 Å². The van der Waals surface area contributed by atoms with Crippen molar-refractivity contribution in [2.45, 2.75) is 19.9 Å². The highest BCUT2D eigenvalue weighted by molar-refractivity contribution is 14.0. The lowest BCUT2D eigenvalue weighted by Crippen LogP contribution is -2.38. The number of guanidine groups is 1. The molecule has 0 atom stereocenters.